The van der Waals surface area contributed by atoms with Gasteiger partial charge in [-0.3, -0.25) is 9.69 Å². The van der Waals surface area contributed by atoms with Crippen LogP contribution in [0, 0.1) is 5.82 Å². The maximum Gasteiger partial charge on any atom is 0.407 e. The molecule has 2 fully saturated rings. The quantitative estimate of drug-likeness (QED) is 0.569. The number of rotatable bonds is 5. The van der Waals surface area contributed by atoms with E-state index in [0.29, 0.717) is 37.2 Å². The highest BCUT2D eigenvalue weighted by molar-refractivity contribution is 5.89. The van der Waals surface area contributed by atoms with E-state index in [-0.39, 0.29) is 33.9 Å². The molecule has 3 aromatic rings. The topological polar surface area (TPSA) is 114 Å². The molecule has 1 amide bonds. The molecule has 12 heteroatoms. The van der Waals surface area contributed by atoms with Gasteiger partial charge < -0.3 is 19.3 Å². The first-order chi connectivity index (χ1) is 17.2. The number of aryl methyl sites for hydroxylation is 1. The summed E-state index contributed by atoms with van der Waals surface area (Å²) in [5.74, 6) is 0.210. The molecule has 5 rings (SSSR count). The fourth-order valence-corrected chi connectivity index (χ4v) is 5.47. The third-order valence-corrected chi connectivity index (χ3v) is 7.36. The van der Waals surface area contributed by atoms with Crippen LogP contribution in [0.5, 0.6) is 5.75 Å². The number of pyridine rings is 1. The highest BCUT2D eigenvalue weighted by atomic mass is 19.1. The van der Waals surface area contributed by atoms with Crippen molar-refractivity contribution in [1.82, 2.24) is 24.6 Å². The molecule has 1 N–H and O–H groups in total. The SMILES string of the molecule is CCn1cc(F)c2cc(-c3ncc(N(C)[C@H]4C[C@@H]5CCC([C@H]4F)N5C(=O)O)nn3)c(OC)cc2c1=O. The van der Waals surface area contributed by atoms with Crippen molar-refractivity contribution in [2.75, 3.05) is 19.1 Å². The number of carbonyl (C=O) groups is 1. The summed E-state index contributed by atoms with van der Waals surface area (Å²) in [4.78, 5) is 31.4. The second kappa shape index (κ2) is 8.99. The first-order valence-corrected chi connectivity index (χ1v) is 11.7. The van der Waals surface area contributed by atoms with Gasteiger partial charge in [-0.25, -0.2) is 18.6 Å². The molecule has 1 unspecified atom stereocenters. The van der Waals surface area contributed by atoms with E-state index in [1.807, 2.05) is 0 Å². The van der Waals surface area contributed by atoms with E-state index in [9.17, 15) is 19.1 Å². The van der Waals surface area contributed by atoms with Crippen molar-refractivity contribution in [3.63, 3.8) is 0 Å². The monoisotopic (exact) mass is 500 g/mol. The molecule has 190 valence electrons. The number of benzene rings is 1. The lowest BCUT2D eigenvalue weighted by Gasteiger charge is -2.43. The molecule has 2 aliphatic rings. The molecular weight excluding hydrogens is 474 g/mol. The number of methoxy groups -OCH3 is 1. The van der Waals surface area contributed by atoms with Gasteiger partial charge in [-0.15, -0.1) is 10.2 Å². The minimum Gasteiger partial charge on any atom is -0.496 e. The van der Waals surface area contributed by atoms with Crippen LogP contribution in [0.2, 0.25) is 0 Å². The first-order valence-electron chi connectivity index (χ1n) is 11.7. The lowest BCUT2D eigenvalue weighted by molar-refractivity contribution is 0.0489. The summed E-state index contributed by atoms with van der Waals surface area (Å²) in [7, 11) is 3.11. The van der Waals surface area contributed by atoms with Crippen LogP contribution in [0.15, 0.2) is 29.3 Å². The van der Waals surface area contributed by atoms with Gasteiger partial charge in [-0.1, -0.05) is 0 Å². The van der Waals surface area contributed by atoms with Crippen molar-refractivity contribution >= 4 is 22.7 Å². The highest BCUT2D eigenvalue weighted by Gasteiger charge is 2.51. The Hall–Kier alpha value is -3.83. The predicted molar refractivity (Wildman–Crippen MR) is 128 cm³/mol. The van der Waals surface area contributed by atoms with Gasteiger partial charge in [0.1, 0.15) is 17.7 Å². The number of ether oxygens (including phenoxy) is 1. The Kier molecular flexibility index (Phi) is 5.97. The third kappa shape index (κ3) is 3.71. The average molecular weight is 501 g/mol. The molecule has 2 aliphatic heterocycles. The van der Waals surface area contributed by atoms with Gasteiger partial charge in [0, 0.05) is 31.2 Å². The molecule has 2 aromatic heterocycles. The third-order valence-electron chi connectivity index (χ3n) is 7.36. The van der Waals surface area contributed by atoms with Crippen LogP contribution in [-0.4, -0.2) is 74.3 Å². The van der Waals surface area contributed by atoms with Gasteiger partial charge in [0.25, 0.3) is 5.56 Å². The summed E-state index contributed by atoms with van der Waals surface area (Å²) in [6, 6.07) is 1.45. The predicted octanol–water partition coefficient (Wildman–Crippen LogP) is 3.08. The number of aromatic nitrogens is 4. The van der Waals surface area contributed by atoms with Crippen molar-refractivity contribution in [2.45, 2.75) is 57.0 Å². The lowest BCUT2D eigenvalue weighted by Crippen LogP contribution is -2.58. The van der Waals surface area contributed by atoms with Gasteiger partial charge in [-0.2, -0.15) is 0 Å². The van der Waals surface area contributed by atoms with Crippen molar-refractivity contribution in [1.29, 1.82) is 0 Å². The van der Waals surface area contributed by atoms with Crippen LogP contribution >= 0.6 is 0 Å². The minimum atomic E-state index is -1.37. The van der Waals surface area contributed by atoms with E-state index < -0.39 is 30.2 Å². The van der Waals surface area contributed by atoms with E-state index in [4.69, 9.17) is 4.74 Å². The second-order valence-corrected chi connectivity index (χ2v) is 9.15. The van der Waals surface area contributed by atoms with Crippen LogP contribution < -0.4 is 15.2 Å². The molecule has 4 heterocycles. The Morgan fingerprint density at radius 1 is 1.28 bits per heavy atom. The number of nitrogens with zero attached hydrogens (tertiary/aromatic N) is 6. The number of amides is 1. The molecule has 4 atom stereocenters. The summed E-state index contributed by atoms with van der Waals surface area (Å²) in [6.07, 6.45) is 1.61. The molecule has 0 aliphatic carbocycles. The number of halogens is 2. The van der Waals surface area contributed by atoms with Gasteiger partial charge in [0.2, 0.25) is 0 Å². The molecular formula is C24H26F2N6O4. The summed E-state index contributed by atoms with van der Waals surface area (Å²) >= 11 is 0. The fourth-order valence-electron chi connectivity index (χ4n) is 5.47. The smallest absolute Gasteiger partial charge is 0.407 e. The van der Waals surface area contributed by atoms with Crippen LogP contribution in [0.1, 0.15) is 26.2 Å². The molecule has 0 radical (unpaired) electrons. The minimum absolute atomic E-state index is 0.117. The molecule has 36 heavy (non-hydrogen) atoms. The number of hydrogen-bond donors (Lipinski definition) is 1. The fraction of sp³-hybridized carbons (Fsp3) is 0.458. The Balaban J connectivity index is 1.46. The zero-order chi connectivity index (χ0) is 25.7. The van der Waals surface area contributed by atoms with Crippen LogP contribution in [0.4, 0.5) is 19.4 Å². The van der Waals surface area contributed by atoms with Gasteiger partial charge >= 0.3 is 6.09 Å². The van der Waals surface area contributed by atoms with E-state index in [1.54, 1.807) is 18.9 Å². The largest absolute Gasteiger partial charge is 0.496 e. The van der Waals surface area contributed by atoms with E-state index in [0.717, 1.165) is 6.20 Å². The molecule has 0 spiro atoms. The summed E-state index contributed by atoms with van der Waals surface area (Å²) < 4.78 is 36.8. The number of carboxylic acid groups (broad SMARTS) is 1. The summed E-state index contributed by atoms with van der Waals surface area (Å²) in [6.45, 7) is 2.08. The maximum absolute atomic E-state index is 15.3. The van der Waals surface area contributed by atoms with Crippen molar-refractivity contribution in [3.05, 3.63) is 40.7 Å². The molecule has 2 bridgehead atoms. The summed E-state index contributed by atoms with van der Waals surface area (Å²) in [5, 5.41) is 18.1. The standard InChI is InChI=1S/C24H26F2N6O4/c1-4-31-11-16(25)13-8-15(19(36-3)9-14(13)23(31)33)22-27-10-20(28-29-22)30(2)18-7-12-5-6-17(21(18)26)32(12)24(34)35/h8-12,17-18,21H,4-7H2,1-3H3,(H,34,35)/t12-,17?,18-,21+/m0/s1. The van der Waals surface area contributed by atoms with E-state index >= 15 is 4.39 Å². The first kappa shape index (κ1) is 23.9. The molecule has 2 saturated heterocycles. The number of hydrogen-bond acceptors (Lipinski definition) is 7. The lowest BCUT2D eigenvalue weighted by atomic mass is 9.94. The Morgan fingerprint density at radius 3 is 2.69 bits per heavy atom. The molecule has 1 aromatic carbocycles. The number of alkyl halides is 1. The normalized spacial score (nSPS) is 23.2. The van der Waals surface area contributed by atoms with Crippen LogP contribution in [0.25, 0.3) is 22.2 Å². The Morgan fingerprint density at radius 2 is 2.06 bits per heavy atom. The van der Waals surface area contributed by atoms with Gasteiger partial charge in [0.15, 0.2) is 11.6 Å². The number of anilines is 1. The van der Waals surface area contributed by atoms with Crippen molar-refractivity contribution < 1.29 is 23.4 Å². The summed E-state index contributed by atoms with van der Waals surface area (Å²) in [5.41, 5.74) is 0.0221. The Labute approximate surface area is 205 Å². The highest BCUT2D eigenvalue weighted by Crippen LogP contribution is 2.40. The van der Waals surface area contributed by atoms with Gasteiger partial charge in [-0.05, 0) is 38.3 Å². The molecule has 0 saturated carbocycles. The van der Waals surface area contributed by atoms with Gasteiger partial charge in [0.05, 0.1) is 36.3 Å². The van der Waals surface area contributed by atoms with E-state index in [1.165, 1.54) is 34.9 Å². The average Bonchev–Trinajstić information content (AvgIpc) is 3.24. The second-order valence-electron chi connectivity index (χ2n) is 9.15. The van der Waals surface area contributed by atoms with Crippen molar-refractivity contribution in [2.24, 2.45) is 0 Å². The van der Waals surface area contributed by atoms with Crippen molar-refractivity contribution in [3.8, 4) is 17.1 Å². The number of piperidine rings is 1. The van der Waals surface area contributed by atoms with E-state index in [2.05, 4.69) is 15.2 Å². The Bertz CT molecular complexity index is 1380. The zero-order valence-corrected chi connectivity index (χ0v) is 20.1. The maximum atomic E-state index is 15.3. The molecule has 10 nitrogen and oxygen atoms in total. The van der Waals surface area contributed by atoms with Crippen LogP contribution in [-0.2, 0) is 6.54 Å². The number of fused-ring (bicyclic) bond motifs is 3. The zero-order valence-electron chi connectivity index (χ0n) is 20.1. The van der Waals surface area contributed by atoms with Crippen LogP contribution in [0.3, 0.4) is 0 Å².